The average molecular weight is 348 g/mol. The summed E-state index contributed by atoms with van der Waals surface area (Å²) in [6.45, 7) is 0. The summed E-state index contributed by atoms with van der Waals surface area (Å²) in [6.07, 6.45) is -3.57. The molecule has 0 aliphatic heterocycles. The third-order valence-electron chi connectivity index (χ3n) is 2.71. The highest BCUT2D eigenvalue weighted by Crippen LogP contribution is 2.24. The fourth-order valence-electron chi connectivity index (χ4n) is 1.69. The van der Waals surface area contributed by atoms with Gasteiger partial charge in [0.25, 0.3) is 10.0 Å². The maximum absolute atomic E-state index is 12.1. The SMILES string of the molecule is Cn1cc(NS(=O)(=O)c2ccc(OC(F)(F)F)cc2)ccc1=O. The van der Waals surface area contributed by atoms with E-state index in [2.05, 4.69) is 9.46 Å². The van der Waals surface area contributed by atoms with E-state index in [9.17, 15) is 26.4 Å². The number of ether oxygens (including phenoxy) is 1. The zero-order chi connectivity index (χ0) is 17.3. The molecule has 2 aromatic rings. The third-order valence-corrected chi connectivity index (χ3v) is 4.10. The minimum Gasteiger partial charge on any atom is -0.406 e. The number of alkyl halides is 3. The Bertz CT molecular complexity index is 858. The predicted molar refractivity (Wildman–Crippen MR) is 75.6 cm³/mol. The van der Waals surface area contributed by atoms with Gasteiger partial charge >= 0.3 is 6.36 Å². The second kappa shape index (κ2) is 5.95. The predicted octanol–water partition coefficient (Wildman–Crippen LogP) is 2.08. The van der Waals surface area contributed by atoms with Crippen LogP contribution in [-0.2, 0) is 17.1 Å². The molecule has 124 valence electrons. The normalized spacial score (nSPS) is 12.0. The first-order valence-corrected chi connectivity index (χ1v) is 7.60. The fraction of sp³-hybridized carbons (Fsp3) is 0.154. The minimum absolute atomic E-state index is 0.141. The first-order valence-electron chi connectivity index (χ1n) is 6.12. The first kappa shape index (κ1) is 16.9. The summed E-state index contributed by atoms with van der Waals surface area (Å²) in [6, 6.07) is 6.20. The number of aromatic nitrogens is 1. The number of benzene rings is 1. The number of rotatable bonds is 4. The van der Waals surface area contributed by atoms with Crippen LogP contribution in [0, 0.1) is 0 Å². The number of nitrogens with one attached hydrogen (secondary N) is 1. The number of anilines is 1. The maximum atomic E-state index is 12.1. The van der Waals surface area contributed by atoms with Gasteiger partial charge in [-0.1, -0.05) is 0 Å². The van der Waals surface area contributed by atoms with Crippen LogP contribution in [0.2, 0.25) is 0 Å². The van der Waals surface area contributed by atoms with Gasteiger partial charge in [0.1, 0.15) is 5.75 Å². The summed E-state index contributed by atoms with van der Waals surface area (Å²) in [4.78, 5) is 11.0. The van der Waals surface area contributed by atoms with Crippen molar-refractivity contribution in [3.63, 3.8) is 0 Å². The van der Waals surface area contributed by atoms with Crippen LogP contribution in [0.3, 0.4) is 0 Å². The molecule has 0 spiro atoms. The molecule has 1 aromatic heterocycles. The van der Waals surface area contributed by atoms with Crippen molar-refractivity contribution in [2.45, 2.75) is 11.3 Å². The van der Waals surface area contributed by atoms with Gasteiger partial charge in [0.2, 0.25) is 5.56 Å². The van der Waals surface area contributed by atoms with E-state index in [1.807, 2.05) is 0 Å². The van der Waals surface area contributed by atoms with Crippen LogP contribution in [0.4, 0.5) is 18.9 Å². The molecule has 0 aliphatic rings. The van der Waals surface area contributed by atoms with Crippen LogP contribution in [0.25, 0.3) is 0 Å². The Labute approximate surface area is 129 Å². The molecule has 23 heavy (non-hydrogen) atoms. The lowest BCUT2D eigenvalue weighted by molar-refractivity contribution is -0.274. The van der Waals surface area contributed by atoms with Crippen LogP contribution >= 0.6 is 0 Å². The van der Waals surface area contributed by atoms with E-state index < -0.39 is 22.1 Å². The molecule has 0 saturated carbocycles. The number of hydrogen-bond acceptors (Lipinski definition) is 4. The lowest BCUT2D eigenvalue weighted by Crippen LogP contribution is -2.19. The maximum Gasteiger partial charge on any atom is 0.573 e. The summed E-state index contributed by atoms with van der Waals surface area (Å²) in [7, 11) is -2.56. The Morgan fingerprint density at radius 1 is 1.09 bits per heavy atom. The number of nitrogens with zero attached hydrogens (tertiary/aromatic N) is 1. The highest BCUT2D eigenvalue weighted by Gasteiger charge is 2.31. The summed E-state index contributed by atoms with van der Waals surface area (Å²) in [5.74, 6) is -0.529. The Kier molecular flexibility index (Phi) is 4.37. The molecule has 0 bridgehead atoms. The van der Waals surface area contributed by atoms with Crippen LogP contribution in [0.15, 0.2) is 52.3 Å². The van der Waals surface area contributed by atoms with Gasteiger partial charge in [0.15, 0.2) is 0 Å². The molecule has 0 fully saturated rings. The monoisotopic (exact) mass is 348 g/mol. The number of halogens is 3. The Balaban J connectivity index is 2.22. The van der Waals surface area contributed by atoms with E-state index in [4.69, 9.17) is 0 Å². The fourth-order valence-corrected chi connectivity index (χ4v) is 2.73. The molecule has 0 saturated heterocycles. The van der Waals surface area contributed by atoms with Crippen LogP contribution in [0.1, 0.15) is 0 Å². The molecule has 1 heterocycles. The molecule has 0 atom stereocenters. The van der Waals surface area contributed by atoms with Gasteiger partial charge in [-0.25, -0.2) is 8.42 Å². The topological polar surface area (TPSA) is 77.4 Å². The van der Waals surface area contributed by atoms with Gasteiger partial charge in [-0.05, 0) is 30.3 Å². The number of pyridine rings is 1. The van der Waals surface area contributed by atoms with Crippen molar-refractivity contribution in [1.82, 2.24) is 4.57 Å². The molecule has 1 aromatic carbocycles. The van der Waals surface area contributed by atoms with E-state index in [1.54, 1.807) is 0 Å². The van der Waals surface area contributed by atoms with E-state index in [0.717, 1.165) is 24.3 Å². The van der Waals surface area contributed by atoms with Crippen LogP contribution in [-0.4, -0.2) is 19.3 Å². The van der Waals surface area contributed by atoms with Gasteiger partial charge in [-0.3, -0.25) is 9.52 Å². The third kappa shape index (κ3) is 4.49. The lowest BCUT2D eigenvalue weighted by Gasteiger charge is -2.11. The van der Waals surface area contributed by atoms with E-state index in [-0.39, 0.29) is 16.1 Å². The number of hydrogen-bond donors (Lipinski definition) is 1. The van der Waals surface area contributed by atoms with Crippen molar-refractivity contribution >= 4 is 15.7 Å². The molecule has 6 nitrogen and oxygen atoms in total. The van der Waals surface area contributed by atoms with Gasteiger partial charge in [0.05, 0.1) is 10.6 Å². The molecule has 0 radical (unpaired) electrons. The Hall–Kier alpha value is -2.49. The molecule has 10 heteroatoms. The minimum atomic E-state index is -4.85. The molecule has 0 unspecified atom stereocenters. The number of aryl methyl sites for hydroxylation is 1. The standard InChI is InChI=1S/C13H11F3N2O4S/c1-18-8-9(2-7-12(18)19)17-23(20,21)11-5-3-10(4-6-11)22-13(14,15)16/h2-8,17H,1H3. The van der Waals surface area contributed by atoms with Crippen molar-refractivity contribution in [2.75, 3.05) is 4.72 Å². The summed E-state index contributed by atoms with van der Waals surface area (Å²) >= 11 is 0. The smallest absolute Gasteiger partial charge is 0.406 e. The van der Waals surface area contributed by atoms with Gasteiger partial charge < -0.3 is 9.30 Å². The quantitative estimate of drug-likeness (QED) is 0.918. The second-order valence-electron chi connectivity index (χ2n) is 4.49. The van der Waals surface area contributed by atoms with Crippen molar-refractivity contribution in [3.05, 3.63) is 52.9 Å². The number of sulfonamides is 1. The Morgan fingerprint density at radius 2 is 1.70 bits per heavy atom. The van der Waals surface area contributed by atoms with Gasteiger partial charge in [0, 0.05) is 19.3 Å². The molecule has 0 aliphatic carbocycles. The highest BCUT2D eigenvalue weighted by atomic mass is 32.2. The van der Waals surface area contributed by atoms with Crippen molar-refractivity contribution in [2.24, 2.45) is 7.05 Å². The Morgan fingerprint density at radius 3 is 2.22 bits per heavy atom. The average Bonchev–Trinajstić information content (AvgIpc) is 2.41. The van der Waals surface area contributed by atoms with E-state index in [1.165, 1.54) is 29.9 Å². The molecule has 1 N–H and O–H groups in total. The summed E-state index contributed by atoms with van der Waals surface area (Å²) < 4.78 is 67.5. The largest absolute Gasteiger partial charge is 0.573 e. The highest BCUT2D eigenvalue weighted by molar-refractivity contribution is 7.92. The zero-order valence-corrected chi connectivity index (χ0v) is 12.5. The van der Waals surface area contributed by atoms with Gasteiger partial charge in [-0.2, -0.15) is 0 Å². The van der Waals surface area contributed by atoms with Crippen LogP contribution < -0.4 is 15.0 Å². The van der Waals surface area contributed by atoms with Crippen molar-refractivity contribution < 1.29 is 26.3 Å². The molecule has 2 rings (SSSR count). The van der Waals surface area contributed by atoms with Crippen molar-refractivity contribution in [3.8, 4) is 5.75 Å². The molecular weight excluding hydrogens is 337 g/mol. The second-order valence-corrected chi connectivity index (χ2v) is 6.17. The summed E-state index contributed by atoms with van der Waals surface area (Å²) in [5, 5.41) is 0. The van der Waals surface area contributed by atoms with Crippen molar-refractivity contribution in [1.29, 1.82) is 0 Å². The zero-order valence-electron chi connectivity index (χ0n) is 11.7. The van der Waals surface area contributed by atoms with Crippen LogP contribution in [0.5, 0.6) is 5.75 Å². The first-order chi connectivity index (χ1) is 10.6. The van der Waals surface area contributed by atoms with E-state index >= 15 is 0 Å². The summed E-state index contributed by atoms with van der Waals surface area (Å²) in [5.41, 5.74) is -0.177. The molecular formula is C13H11F3N2O4S. The molecule has 0 amide bonds. The lowest BCUT2D eigenvalue weighted by atomic mass is 10.3. The van der Waals surface area contributed by atoms with E-state index in [0.29, 0.717) is 0 Å². The van der Waals surface area contributed by atoms with Gasteiger partial charge in [-0.15, -0.1) is 13.2 Å².